The van der Waals surface area contributed by atoms with Crippen LogP contribution in [0.3, 0.4) is 0 Å². The third-order valence-electron chi connectivity index (χ3n) is 5.29. The van der Waals surface area contributed by atoms with Gasteiger partial charge in [0.25, 0.3) is 11.5 Å². The van der Waals surface area contributed by atoms with E-state index in [1.807, 2.05) is 6.07 Å². The fourth-order valence-electron chi connectivity index (χ4n) is 3.78. The summed E-state index contributed by atoms with van der Waals surface area (Å²) in [6.45, 7) is 5.98. The van der Waals surface area contributed by atoms with Crippen molar-refractivity contribution < 1.29 is 9.59 Å². The fourth-order valence-corrected chi connectivity index (χ4v) is 3.78. The average molecular weight is 397 g/mol. The van der Waals surface area contributed by atoms with Crippen molar-refractivity contribution >= 4 is 24.2 Å². The van der Waals surface area contributed by atoms with E-state index < -0.39 is 0 Å². The Hall–Kier alpha value is -1.86. The summed E-state index contributed by atoms with van der Waals surface area (Å²) < 4.78 is 1.66. The highest BCUT2D eigenvalue weighted by Crippen LogP contribution is 2.12. The zero-order valence-electron chi connectivity index (χ0n) is 15.8. The molecular formula is C19H29ClN4O3. The van der Waals surface area contributed by atoms with Crippen molar-refractivity contribution in [2.75, 3.05) is 32.7 Å². The van der Waals surface area contributed by atoms with Gasteiger partial charge in [0.2, 0.25) is 5.91 Å². The molecule has 1 atom stereocenters. The van der Waals surface area contributed by atoms with Crippen LogP contribution in [0.4, 0.5) is 0 Å². The molecule has 3 rings (SSSR count). The Morgan fingerprint density at radius 1 is 1.33 bits per heavy atom. The molecule has 3 heterocycles. The number of nitrogens with zero attached hydrogens (tertiary/aromatic N) is 2. The lowest BCUT2D eigenvalue weighted by atomic mass is 9.99. The number of amides is 2. The van der Waals surface area contributed by atoms with E-state index in [9.17, 15) is 14.4 Å². The third-order valence-corrected chi connectivity index (χ3v) is 5.29. The lowest BCUT2D eigenvalue weighted by Gasteiger charge is -2.23. The lowest BCUT2D eigenvalue weighted by molar-refractivity contribution is -0.127. The third kappa shape index (κ3) is 5.32. The first-order chi connectivity index (χ1) is 12.6. The van der Waals surface area contributed by atoms with Gasteiger partial charge in [-0.05, 0) is 56.8 Å². The predicted octanol–water partition coefficient (Wildman–Crippen LogP) is 0.930. The molecule has 150 valence electrons. The number of nitrogens with one attached hydrogen (secondary N) is 2. The minimum atomic E-state index is -0.352. The van der Waals surface area contributed by atoms with Gasteiger partial charge in [0.15, 0.2) is 0 Å². The minimum absolute atomic E-state index is 0. The number of pyridine rings is 1. The standard InChI is InChI=1S/C19H28N4O3.ClH/c1-14-6-10-23(13-15-4-2-7-20-12-15)19(26)17(14)18(25)21-8-11-22-9-3-5-16(22)24;/h6,10,15,20H,2-5,7-9,11-13H2,1H3,(H,21,25);1H. The number of carbonyl (C=O) groups is 2. The van der Waals surface area contributed by atoms with Crippen molar-refractivity contribution in [1.29, 1.82) is 0 Å². The van der Waals surface area contributed by atoms with Gasteiger partial charge in [-0.2, -0.15) is 0 Å². The van der Waals surface area contributed by atoms with Crippen molar-refractivity contribution in [2.24, 2.45) is 5.92 Å². The monoisotopic (exact) mass is 396 g/mol. The highest BCUT2D eigenvalue weighted by Gasteiger charge is 2.21. The molecule has 2 saturated heterocycles. The summed E-state index contributed by atoms with van der Waals surface area (Å²) in [5.74, 6) is 0.204. The first-order valence-electron chi connectivity index (χ1n) is 9.53. The van der Waals surface area contributed by atoms with E-state index in [0.29, 0.717) is 37.5 Å². The number of hydrogen-bond donors (Lipinski definition) is 2. The van der Waals surface area contributed by atoms with Gasteiger partial charge in [-0.1, -0.05) is 0 Å². The summed E-state index contributed by atoms with van der Waals surface area (Å²) in [6.07, 6.45) is 5.47. The van der Waals surface area contributed by atoms with Crippen molar-refractivity contribution in [3.8, 4) is 0 Å². The molecule has 0 radical (unpaired) electrons. The molecular weight excluding hydrogens is 368 g/mol. The van der Waals surface area contributed by atoms with Crippen LogP contribution in [0.15, 0.2) is 17.1 Å². The van der Waals surface area contributed by atoms with Gasteiger partial charge in [-0.3, -0.25) is 14.4 Å². The fraction of sp³-hybridized carbons (Fsp3) is 0.632. The Kier molecular flexibility index (Phi) is 7.86. The lowest BCUT2D eigenvalue weighted by Crippen LogP contribution is -2.40. The van der Waals surface area contributed by atoms with Crippen LogP contribution in [0.2, 0.25) is 0 Å². The highest BCUT2D eigenvalue weighted by atomic mass is 35.5. The first kappa shape index (κ1) is 21.4. The van der Waals surface area contributed by atoms with Crippen LogP contribution in [0, 0.1) is 12.8 Å². The smallest absolute Gasteiger partial charge is 0.263 e. The summed E-state index contributed by atoms with van der Waals surface area (Å²) >= 11 is 0. The van der Waals surface area contributed by atoms with Crippen LogP contribution in [0.1, 0.15) is 41.6 Å². The van der Waals surface area contributed by atoms with Crippen LogP contribution < -0.4 is 16.2 Å². The molecule has 1 unspecified atom stereocenters. The number of piperidine rings is 1. The Morgan fingerprint density at radius 3 is 2.81 bits per heavy atom. The summed E-state index contributed by atoms with van der Waals surface area (Å²) in [6, 6.07) is 1.83. The quantitative estimate of drug-likeness (QED) is 0.749. The van der Waals surface area contributed by atoms with Crippen LogP contribution in [0.5, 0.6) is 0 Å². The summed E-state index contributed by atoms with van der Waals surface area (Å²) in [4.78, 5) is 38.7. The summed E-state index contributed by atoms with van der Waals surface area (Å²) in [7, 11) is 0. The van der Waals surface area contributed by atoms with E-state index in [1.54, 1.807) is 22.6 Å². The normalized spacial score (nSPS) is 19.7. The number of aryl methyl sites for hydroxylation is 1. The molecule has 7 nitrogen and oxygen atoms in total. The van der Waals surface area contributed by atoms with E-state index >= 15 is 0 Å². The second kappa shape index (κ2) is 9.90. The van der Waals surface area contributed by atoms with Gasteiger partial charge in [-0.25, -0.2) is 0 Å². The Balaban J connectivity index is 0.00000261. The molecule has 2 N–H and O–H groups in total. The van der Waals surface area contributed by atoms with Gasteiger partial charge >= 0.3 is 0 Å². The van der Waals surface area contributed by atoms with Crippen LogP contribution >= 0.6 is 12.4 Å². The second-order valence-corrected chi connectivity index (χ2v) is 7.28. The zero-order chi connectivity index (χ0) is 18.5. The molecule has 2 amide bonds. The number of hydrogen-bond acceptors (Lipinski definition) is 4. The van der Waals surface area contributed by atoms with Gasteiger partial charge in [0, 0.05) is 38.8 Å². The van der Waals surface area contributed by atoms with Crippen molar-refractivity contribution in [3.63, 3.8) is 0 Å². The molecule has 2 fully saturated rings. The van der Waals surface area contributed by atoms with Crippen molar-refractivity contribution in [3.05, 3.63) is 33.7 Å². The number of aromatic nitrogens is 1. The molecule has 0 bridgehead atoms. The van der Waals surface area contributed by atoms with Gasteiger partial charge in [-0.15, -0.1) is 12.4 Å². The van der Waals surface area contributed by atoms with E-state index in [4.69, 9.17) is 0 Å². The van der Waals surface area contributed by atoms with Crippen LogP contribution in [-0.4, -0.2) is 54.0 Å². The molecule has 27 heavy (non-hydrogen) atoms. The molecule has 1 aromatic rings. The van der Waals surface area contributed by atoms with E-state index in [2.05, 4.69) is 10.6 Å². The Bertz CT molecular complexity index is 728. The molecule has 2 aliphatic rings. The molecule has 0 saturated carbocycles. The first-order valence-corrected chi connectivity index (χ1v) is 9.53. The average Bonchev–Trinajstić information content (AvgIpc) is 3.04. The number of carbonyl (C=O) groups excluding carboxylic acids is 2. The van der Waals surface area contributed by atoms with Gasteiger partial charge in [0.05, 0.1) is 0 Å². The zero-order valence-corrected chi connectivity index (χ0v) is 16.6. The highest BCUT2D eigenvalue weighted by molar-refractivity contribution is 5.95. The van der Waals surface area contributed by atoms with E-state index in [-0.39, 0.29) is 35.3 Å². The molecule has 0 aliphatic carbocycles. The maximum atomic E-state index is 12.8. The Labute approximate surface area is 165 Å². The maximum absolute atomic E-state index is 12.8. The summed E-state index contributed by atoms with van der Waals surface area (Å²) in [5, 5.41) is 6.16. The Morgan fingerprint density at radius 2 is 2.15 bits per heavy atom. The van der Waals surface area contributed by atoms with E-state index in [1.165, 1.54) is 0 Å². The largest absolute Gasteiger partial charge is 0.350 e. The molecule has 1 aromatic heterocycles. The molecule has 0 aromatic carbocycles. The molecule has 8 heteroatoms. The SMILES string of the molecule is Cc1ccn(CC2CCCNC2)c(=O)c1C(=O)NCCN1CCCC1=O.Cl. The summed E-state index contributed by atoms with van der Waals surface area (Å²) in [5.41, 5.74) is 0.664. The van der Waals surface area contributed by atoms with Crippen LogP contribution in [0.25, 0.3) is 0 Å². The predicted molar refractivity (Wildman–Crippen MR) is 106 cm³/mol. The minimum Gasteiger partial charge on any atom is -0.350 e. The number of likely N-dealkylation sites (tertiary alicyclic amines) is 1. The molecule has 2 aliphatic heterocycles. The van der Waals surface area contributed by atoms with Crippen LogP contribution in [-0.2, 0) is 11.3 Å². The van der Waals surface area contributed by atoms with Gasteiger partial charge in [0.1, 0.15) is 5.56 Å². The van der Waals surface area contributed by atoms with Crippen molar-refractivity contribution in [1.82, 2.24) is 20.1 Å². The number of rotatable bonds is 6. The second-order valence-electron chi connectivity index (χ2n) is 7.28. The van der Waals surface area contributed by atoms with E-state index in [0.717, 1.165) is 38.9 Å². The maximum Gasteiger partial charge on any atom is 0.263 e. The van der Waals surface area contributed by atoms with Gasteiger partial charge < -0.3 is 20.1 Å². The molecule has 0 spiro atoms. The van der Waals surface area contributed by atoms with Crippen molar-refractivity contribution in [2.45, 2.75) is 39.2 Å². The number of halogens is 1. The topological polar surface area (TPSA) is 83.4 Å².